The Kier molecular flexibility index (Phi) is 7.35. The first-order valence-electron chi connectivity index (χ1n) is 9.78. The largest absolute Gasteiger partial charge is 0.496 e. The highest BCUT2D eigenvalue weighted by atomic mass is 35.5. The Morgan fingerprint density at radius 2 is 1.83 bits per heavy atom. The molecule has 3 nitrogen and oxygen atoms in total. The van der Waals surface area contributed by atoms with Crippen LogP contribution in [0.1, 0.15) is 43.7 Å². The van der Waals surface area contributed by atoms with Crippen LogP contribution in [0.25, 0.3) is 6.08 Å². The maximum Gasteiger partial charge on any atom is 0.195 e. The van der Waals surface area contributed by atoms with Crippen molar-refractivity contribution >= 4 is 34.8 Å². The van der Waals surface area contributed by atoms with Crippen molar-refractivity contribution in [3.8, 4) is 11.5 Å². The molecule has 0 N–H and O–H groups in total. The second kappa shape index (κ2) is 9.96. The Hall–Kier alpha value is -2.56. The molecule has 0 radical (unpaired) electrons. The van der Waals surface area contributed by atoms with Gasteiger partial charge in [0.15, 0.2) is 5.78 Å². The van der Waals surface area contributed by atoms with Crippen LogP contribution >= 0.6 is 22.9 Å². The summed E-state index contributed by atoms with van der Waals surface area (Å²) in [5.74, 6) is 1.52. The van der Waals surface area contributed by atoms with Gasteiger partial charge in [-0.3, -0.25) is 4.79 Å². The molecule has 1 aromatic heterocycles. The number of halogens is 1. The Morgan fingerprint density at radius 3 is 2.47 bits per heavy atom. The van der Waals surface area contributed by atoms with E-state index in [1.165, 1.54) is 4.88 Å². The molecule has 0 fully saturated rings. The molecule has 0 atom stereocenters. The number of rotatable bonds is 8. The zero-order chi connectivity index (χ0) is 21.7. The summed E-state index contributed by atoms with van der Waals surface area (Å²) in [6, 6.07) is 13.5. The van der Waals surface area contributed by atoms with Gasteiger partial charge in [-0.05, 0) is 79.4 Å². The lowest BCUT2D eigenvalue weighted by Gasteiger charge is -2.13. The van der Waals surface area contributed by atoms with Crippen molar-refractivity contribution in [2.24, 2.45) is 0 Å². The summed E-state index contributed by atoms with van der Waals surface area (Å²) in [6.07, 6.45) is 4.38. The van der Waals surface area contributed by atoms with E-state index in [2.05, 4.69) is 6.92 Å². The maximum atomic E-state index is 12.4. The van der Waals surface area contributed by atoms with Crippen LogP contribution < -0.4 is 9.47 Å². The van der Waals surface area contributed by atoms with Crippen LogP contribution in [0, 0.1) is 13.8 Å². The molecule has 30 heavy (non-hydrogen) atoms. The number of ether oxygens (including phenoxy) is 2. The Labute approximate surface area is 186 Å². The molecular formula is C25H25ClO3S. The summed E-state index contributed by atoms with van der Waals surface area (Å²) in [7, 11) is 1.64. The molecule has 0 unspecified atom stereocenters. The van der Waals surface area contributed by atoms with E-state index in [9.17, 15) is 4.79 Å². The summed E-state index contributed by atoms with van der Waals surface area (Å²) in [5.41, 5.74) is 3.78. The zero-order valence-corrected chi connectivity index (χ0v) is 19.2. The van der Waals surface area contributed by atoms with Gasteiger partial charge in [-0.25, -0.2) is 0 Å². The molecule has 3 rings (SSSR count). The van der Waals surface area contributed by atoms with Gasteiger partial charge in [-0.1, -0.05) is 30.7 Å². The van der Waals surface area contributed by atoms with Crippen molar-refractivity contribution in [3.63, 3.8) is 0 Å². The number of methoxy groups -OCH3 is 1. The number of benzene rings is 2. The van der Waals surface area contributed by atoms with Crippen LogP contribution in [0.2, 0.25) is 5.02 Å². The Bertz CT molecular complexity index is 1060. The predicted molar refractivity (Wildman–Crippen MR) is 125 cm³/mol. The fourth-order valence-electron chi connectivity index (χ4n) is 3.12. The molecular weight excluding hydrogens is 416 g/mol. The minimum absolute atomic E-state index is 0.0143. The molecule has 0 aliphatic rings. The first-order valence-corrected chi connectivity index (χ1v) is 11.0. The average Bonchev–Trinajstić information content (AvgIpc) is 3.23. The molecule has 3 aromatic rings. The maximum absolute atomic E-state index is 12.4. The number of hydrogen-bond donors (Lipinski definition) is 0. The highest BCUT2D eigenvalue weighted by Crippen LogP contribution is 2.28. The molecule has 0 saturated carbocycles. The minimum Gasteiger partial charge on any atom is -0.496 e. The normalized spacial score (nSPS) is 11.1. The molecule has 0 amide bonds. The molecule has 2 aromatic carbocycles. The molecule has 156 valence electrons. The van der Waals surface area contributed by atoms with Crippen LogP contribution in [0.5, 0.6) is 11.5 Å². The van der Waals surface area contributed by atoms with Gasteiger partial charge in [0.05, 0.1) is 12.0 Å². The number of aryl methyl sites for hydroxylation is 3. The molecule has 0 saturated heterocycles. The SMILES string of the molecule is CCc1ccc(C(=O)/C=C/c2ccc(OC)c(COc3cc(C)c(Cl)c(C)c3)c2)s1. The predicted octanol–water partition coefficient (Wildman–Crippen LogP) is 7.06. The first kappa shape index (κ1) is 22.1. The summed E-state index contributed by atoms with van der Waals surface area (Å²) < 4.78 is 11.5. The van der Waals surface area contributed by atoms with Crippen LogP contribution in [0.4, 0.5) is 0 Å². The summed E-state index contributed by atoms with van der Waals surface area (Å²) in [6.45, 7) is 6.36. The number of allylic oxidation sites excluding steroid dienone is 1. The highest BCUT2D eigenvalue weighted by molar-refractivity contribution is 7.14. The van der Waals surface area contributed by atoms with E-state index in [1.54, 1.807) is 24.5 Å². The number of carbonyl (C=O) groups excluding carboxylic acids is 1. The summed E-state index contributed by atoms with van der Waals surface area (Å²) in [4.78, 5) is 14.4. The summed E-state index contributed by atoms with van der Waals surface area (Å²) >= 11 is 7.78. The lowest BCUT2D eigenvalue weighted by molar-refractivity contribution is 0.105. The van der Waals surface area contributed by atoms with E-state index in [0.29, 0.717) is 6.61 Å². The number of thiophene rings is 1. The van der Waals surface area contributed by atoms with Crippen LogP contribution in [0.15, 0.2) is 48.5 Å². The monoisotopic (exact) mass is 440 g/mol. The first-order chi connectivity index (χ1) is 14.4. The standard InChI is InChI=1S/C25H25ClO3S/c1-5-21-8-11-24(30-21)22(27)9-6-18-7-10-23(28-4)19(14-18)15-29-20-12-16(2)25(26)17(3)13-20/h6-14H,5,15H2,1-4H3/b9-6+. The number of ketones is 1. The van der Waals surface area contributed by atoms with E-state index in [1.807, 2.05) is 62.4 Å². The van der Waals surface area contributed by atoms with Gasteiger partial charge >= 0.3 is 0 Å². The number of hydrogen-bond acceptors (Lipinski definition) is 4. The summed E-state index contributed by atoms with van der Waals surface area (Å²) in [5, 5.41) is 0.758. The number of carbonyl (C=O) groups is 1. The van der Waals surface area contributed by atoms with Crippen molar-refractivity contribution in [1.29, 1.82) is 0 Å². The van der Waals surface area contributed by atoms with Crippen LogP contribution in [0.3, 0.4) is 0 Å². The fraction of sp³-hybridized carbons (Fsp3) is 0.240. The molecule has 5 heteroatoms. The van der Waals surface area contributed by atoms with Crippen molar-refractivity contribution in [1.82, 2.24) is 0 Å². The van der Waals surface area contributed by atoms with E-state index < -0.39 is 0 Å². The molecule has 0 bridgehead atoms. The molecule has 0 spiro atoms. The molecule has 0 aliphatic heterocycles. The van der Waals surface area contributed by atoms with Crippen molar-refractivity contribution in [2.45, 2.75) is 33.8 Å². The van der Waals surface area contributed by atoms with Crippen molar-refractivity contribution in [2.75, 3.05) is 7.11 Å². The third-order valence-corrected chi connectivity index (χ3v) is 6.63. The van der Waals surface area contributed by atoms with Gasteiger partial charge in [0.25, 0.3) is 0 Å². The molecule has 0 aliphatic carbocycles. The third kappa shape index (κ3) is 5.32. The Morgan fingerprint density at radius 1 is 1.10 bits per heavy atom. The van der Waals surface area contributed by atoms with Gasteiger partial charge in [0.2, 0.25) is 0 Å². The van der Waals surface area contributed by atoms with Gasteiger partial charge in [0.1, 0.15) is 18.1 Å². The van der Waals surface area contributed by atoms with Crippen LogP contribution in [-0.4, -0.2) is 12.9 Å². The highest BCUT2D eigenvalue weighted by Gasteiger charge is 2.09. The van der Waals surface area contributed by atoms with Crippen molar-refractivity contribution < 1.29 is 14.3 Å². The fourth-order valence-corrected chi connectivity index (χ4v) is 4.10. The average molecular weight is 441 g/mol. The lowest BCUT2D eigenvalue weighted by Crippen LogP contribution is -2.00. The van der Waals surface area contributed by atoms with Gasteiger partial charge in [-0.15, -0.1) is 11.3 Å². The third-order valence-electron chi connectivity index (χ3n) is 4.79. The van der Waals surface area contributed by atoms with E-state index in [0.717, 1.165) is 50.1 Å². The smallest absolute Gasteiger partial charge is 0.195 e. The van der Waals surface area contributed by atoms with Gasteiger partial charge in [0, 0.05) is 15.5 Å². The quantitative estimate of drug-likeness (QED) is 0.277. The second-order valence-corrected chi connectivity index (χ2v) is 8.59. The molecule has 1 heterocycles. The van der Waals surface area contributed by atoms with E-state index in [4.69, 9.17) is 21.1 Å². The van der Waals surface area contributed by atoms with Crippen LogP contribution in [-0.2, 0) is 13.0 Å². The zero-order valence-electron chi connectivity index (χ0n) is 17.6. The second-order valence-electron chi connectivity index (χ2n) is 7.05. The Balaban J connectivity index is 1.75. The topological polar surface area (TPSA) is 35.5 Å². The van der Waals surface area contributed by atoms with Gasteiger partial charge < -0.3 is 9.47 Å². The minimum atomic E-state index is 0.0143. The van der Waals surface area contributed by atoms with E-state index >= 15 is 0 Å². The van der Waals surface area contributed by atoms with Gasteiger partial charge in [-0.2, -0.15) is 0 Å². The lowest BCUT2D eigenvalue weighted by atomic mass is 10.1. The van der Waals surface area contributed by atoms with Crippen molar-refractivity contribution in [3.05, 3.63) is 85.6 Å². The van der Waals surface area contributed by atoms with E-state index in [-0.39, 0.29) is 5.78 Å².